The van der Waals surface area contributed by atoms with Gasteiger partial charge in [0.15, 0.2) is 0 Å². The molecule has 2 atom stereocenters. The minimum absolute atomic E-state index is 0.143. The molecule has 2 saturated heterocycles. The molecule has 2 unspecified atom stereocenters. The molecule has 0 spiro atoms. The number of aromatic nitrogens is 1. The molecule has 2 fully saturated rings. The standard InChI is InChI=1S/C24H33N3O3S/c1-17-12-21(30-25-17)16-31-23-7-5-4-6-22(23)24(28)27-10-8-20(9-11-27)15-26-13-18(2)29-19(3)14-26/h4-7,12,18-20H,8-11,13-16H2,1-3H3. The van der Waals surface area contributed by atoms with E-state index in [9.17, 15) is 4.79 Å². The predicted octanol–water partition coefficient (Wildman–Crippen LogP) is 4.24. The van der Waals surface area contributed by atoms with Crippen LogP contribution in [0.3, 0.4) is 0 Å². The molecule has 1 amide bonds. The Hall–Kier alpha value is -1.83. The van der Waals surface area contributed by atoms with Gasteiger partial charge in [-0.05, 0) is 51.7 Å². The second kappa shape index (κ2) is 10.2. The summed E-state index contributed by atoms with van der Waals surface area (Å²) in [4.78, 5) is 18.8. The Labute approximate surface area is 189 Å². The highest BCUT2D eigenvalue weighted by Crippen LogP contribution is 2.29. The number of hydrogen-bond acceptors (Lipinski definition) is 6. The second-order valence-corrected chi connectivity index (χ2v) is 9.95. The van der Waals surface area contributed by atoms with E-state index in [4.69, 9.17) is 9.26 Å². The van der Waals surface area contributed by atoms with Crippen molar-refractivity contribution in [3.05, 3.63) is 47.3 Å². The van der Waals surface area contributed by atoms with Crippen LogP contribution in [0, 0.1) is 12.8 Å². The summed E-state index contributed by atoms with van der Waals surface area (Å²) in [7, 11) is 0. The minimum Gasteiger partial charge on any atom is -0.373 e. The quantitative estimate of drug-likeness (QED) is 0.623. The van der Waals surface area contributed by atoms with Crippen molar-refractivity contribution in [2.24, 2.45) is 5.92 Å². The van der Waals surface area contributed by atoms with Gasteiger partial charge in [-0.1, -0.05) is 17.3 Å². The van der Waals surface area contributed by atoms with Gasteiger partial charge < -0.3 is 14.2 Å². The number of aryl methyl sites for hydroxylation is 1. The van der Waals surface area contributed by atoms with Crippen LogP contribution < -0.4 is 0 Å². The molecular formula is C24H33N3O3S. The third-order valence-corrected chi connectivity index (χ3v) is 7.17. The molecule has 168 valence electrons. The average Bonchev–Trinajstić information content (AvgIpc) is 3.17. The van der Waals surface area contributed by atoms with E-state index in [0.29, 0.717) is 23.9 Å². The fourth-order valence-corrected chi connectivity index (χ4v) is 5.61. The zero-order chi connectivity index (χ0) is 21.8. The van der Waals surface area contributed by atoms with Crippen LogP contribution in [0.15, 0.2) is 39.8 Å². The van der Waals surface area contributed by atoms with Crippen molar-refractivity contribution in [3.63, 3.8) is 0 Å². The number of ether oxygens (including phenoxy) is 1. The number of nitrogens with zero attached hydrogens (tertiary/aromatic N) is 3. The lowest BCUT2D eigenvalue weighted by Gasteiger charge is -2.39. The number of carbonyl (C=O) groups excluding carboxylic acids is 1. The molecule has 0 saturated carbocycles. The first kappa shape index (κ1) is 22.4. The van der Waals surface area contributed by atoms with Gasteiger partial charge in [-0.2, -0.15) is 0 Å². The Morgan fingerprint density at radius 3 is 2.55 bits per heavy atom. The molecule has 0 N–H and O–H groups in total. The normalized spacial score (nSPS) is 23.3. The maximum Gasteiger partial charge on any atom is 0.254 e. The van der Waals surface area contributed by atoms with Gasteiger partial charge in [0.2, 0.25) is 0 Å². The molecule has 2 aliphatic heterocycles. The van der Waals surface area contributed by atoms with Gasteiger partial charge in [0.1, 0.15) is 5.76 Å². The molecule has 7 heteroatoms. The Kier molecular flexibility index (Phi) is 7.35. The highest BCUT2D eigenvalue weighted by atomic mass is 32.2. The zero-order valence-electron chi connectivity index (χ0n) is 18.8. The lowest BCUT2D eigenvalue weighted by molar-refractivity contribution is -0.0728. The van der Waals surface area contributed by atoms with Crippen molar-refractivity contribution in [1.82, 2.24) is 15.0 Å². The first-order chi connectivity index (χ1) is 15.0. The summed E-state index contributed by atoms with van der Waals surface area (Å²) in [5.74, 6) is 2.30. The Morgan fingerprint density at radius 1 is 1.16 bits per heavy atom. The van der Waals surface area contributed by atoms with Crippen LogP contribution >= 0.6 is 11.8 Å². The number of morpholine rings is 1. The molecule has 3 heterocycles. The van der Waals surface area contributed by atoms with Crippen molar-refractivity contribution in [2.75, 3.05) is 32.7 Å². The lowest BCUT2D eigenvalue weighted by Crippen LogP contribution is -2.48. The number of hydrogen-bond donors (Lipinski definition) is 0. The molecule has 1 aromatic heterocycles. The fourth-order valence-electron chi connectivity index (χ4n) is 4.69. The minimum atomic E-state index is 0.143. The average molecular weight is 444 g/mol. The topological polar surface area (TPSA) is 58.8 Å². The van der Waals surface area contributed by atoms with Crippen molar-refractivity contribution in [1.29, 1.82) is 0 Å². The van der Waals surface area contributed by atoms with Crippen molar-refractivity contribution in [2.45, 2.75) is 56.5 Å². The van der Waals surface area contributed by atoms with E-state index < -0.39 is 0 Å². The van der Waals surface area contributed by atoms with Gasteiger partial charge >= 0.3 is 0 Å². The van der Waals surface area contributed by atoms with E-state index >= 15 is 0 Å². The summed E-state index contributed by atoms with van der Waals surface area (Å²) in [5.41, 5.74) is 1.67. The number of carbonyl (C=O) groups is 1. The van der Waals surface area contributed by atoms with Crippen molar-refractivity contribution in [3.8, 4) is 0 Å². The number of thioether (sulfide) groups is 1. The van der Waals surface area contributed by atoms with Crippen molar-refractivity contribution >= 4 is 17.7 Å². The first-order valence-electron chi connectivity index (χ1n) is 11.3. The number of rotatable bonds is 6. The van der Waals surface area contributed by atoms with Gasteiger partial charge in [0, 0.05) is 43.7 Å². The molecule has 1 aromatic carbocycles. The number of likely N-dealkylation sites (tertiary alicyclic amines) is 1. The van der Waals surface area contributed by atoms with E-state index in [1.165, 1.54) is 0 Å². The number of benzene rings is 1. The van der Waals surface area contributed by atoms with E-state index in [2.05, 4.69) is 23.9 Å². The van der Waals surface area contributed by atoms with Gasteiger partial charge in [-0.15, -0.1) is 11.8 Å². The van der Waals surface area contributed by atoms with Crippen LogP contribution in [0.2, 0.25) is 0 Å². The summed E-state index contributed by atoms with van der Waals surface area (Å²) in [6.07, 6.45) is 2.75. The van der Waals surface area contributed by atoms with Crippen LogP contribution in [-0.4, -0.2) is 65.8 Å². The molecule has 2 aliphatic rings. The predicted molar refractivity (Wildman–Crippen MR) is 122 cm³/mol. The van der Waals surface area contributed by atoms with Crippen molar-refractivity contribution < 1.29 is 14.1 Å². The summed E-state index contributed by atoms with van der Waals surface area (Å²) < 4.78 is 11.2. The molecule has 0 bridgehead atoms. The highest BCUT2D eigenvalue weighted by molar-refractivity contribution is 7.98. The molecule has 2 aromatic rings. The van der Waals surface area contributed by atoms with Crippen LogP contribution in [-0.2, 0) is 10.5 Å². The SMILES string of the molecule is Cc1cc(CSc2ccccc2C(=O)N2CCC(CN3CC(C)OC(C)C3)CC2)on1. The maximum atomic E-state index is 13.3. The van der Waals surface area contributed by atoms with E-state index in [1.807, 2.05) is 42.2 Å². The molecule has 0 aliphatic carbocycles. The second-order valence-electron chi connectivity index (χ2n) is 8.93. The summed E-state index contributed by atoms with van der Waals surface area (Å²) in [5, 5.41) is 3.94. The van der Waals surface area contributed by atoms with Crippen LogP contribution in [0.4, 0.5) is 0 Å². The lowest BCUT2D eigenvalue weighted by atomic mass is 9.95. The summed E-state index contributed by atoms with van der Waals surface area (Å²) >= 11 is 1.63. The van der Waals surface area contributed by atoms with E-state index in [0.717, 1.165) is 67.5 Å². The summed E-state index contributed by atoms with van der Waals surface area (Å²) in [6.45, 7) is 11.0. The monoisotopic (exact) mass is 443 g/mol. The molecule has 6 nitrogen and oxygen atoms in total. The number of amides is 1. The third kappa shape index (κ3) is 5.90. The number of piperidine rings is 1. The fraction of sp³-hybridized carbons (Fsp3) is 0.583. The van der Waals surface area contributed by atoms with E-state index in [-0.39, 0.29) is 5.91 Å². The molecular weight excluding hydrogens is 410 g/mol. The highest BCUT2D eigenvalue weighted by Gasteiger charge is 2.29. The maximum absolute atomic E-state index is 13.3. The Balaban J connectivity index is 1.31. The molecule has 0 radical (unpaired) electrons. The van der Waals surface area contributed by atoms with Crippen LogP contribution in [0.1, 0.15) is 48.5 Å². The molecule has 4 rings (SSSR count). The van der Waals surface area contributed by atoms with Gasteiger partial charge in [-0.3, -0.25) is 9.69 Å². The van der Waals surface area contributed by atoms with Crippen LogP contribution in [0.25, 0.3) is 0 Å². The van der Waals surface area contributed by atoms with Gasteiger partial charge in [0.25, 0.3) is 5.91 Å². The zero-order valence-corrected chi connectivity index (χ0v) is 19.6. The summed E-state index contributed by atoms with van der Waals surface area (Å²) in [6, 6.07) is 9.84. The Morgan fingerprint density at radius 2 is 1.87 bits per heavy atom. The first-order valence-corrected chi connectivity index (χ1v) is 12.3. The van der Waals surface area contributed by atoms with Gasteiger partial charge in [0.05, 0.1) is 29.2 Å². The third-order valence-electron chi connectivity index (χ3n) is 6.08. The van der Waals surface area contributed by atoms with E-state index in [1.54, 1.807) is 11.8 Å². The molecule has 31 heavy (non-hydrogen) atoms. The van der Waals surface area contributed by atoms with Crippen LogP contribution in [0.5, 0.6) is 0 Å². The Bertz CT molecular complexity index is 868. The smallest absolute Gasteiger partial charge is 0.254 e. The van der Waals surface area contributed by atoms with Gasteiger partial charge in [-0.25, -0.2) is 0 Å². The largest absolute Gasteiger partial charge is 0.373 e.